The topological polar surface area (TPSA) is 22.4 Å². The standard InChI is InChI=1S/C15H12O2/c1-16-13-8-6-11(7-9-13)15-10-12-4-2-3-5-14(12)17-15/h2-10H,1H3/i10D. The SMILES string of the molecule is [2H]c1c(-c2ccc(OC)cc2)oc2ccccc12. The highest BCUT2D eigenvalue weighted by molar-refractivity contribution is 5.82. The van der Waals surface area contributed by atoms with Crippen LogP contribution in [0.25, 0.3) is 22.3 Å². The first kappa shape index (κ1) is 8.88. The first-order valence-corrected chi connectivity index (χ1v) is 5.42. The molecule has 1 heterocycles. The maximum atomic E-state index is 8.13. The summed E-state index contributed by atoms with van der Waals surface area (Å²) in [5, 5.41) is 0.836. The van der Waals surface area contributed by atoms with Crippen LogP contribution in [0, 0.1) is 0 Å². The molecule has 0 atom stereocenters. The fourth-order valence-corrected chi connectivity index (χ4v) is 1.79. The highest BCUT2D eigenvalue weighted by Crippen LogP contribution is 2.28. The third-order valence-corrected chi connectivity index (χ3v) is 2.70. The molecule has 0 bridgehead atoms. The molecule has 0 radical (unpaired) electrons. The van der Waals surface area contributed by atoms with Gasteiger partial charge in [-0.05, 0) is 36.4 Å². The van der Waals surface area contributed by atoms with Crippen LogP contribution in [0.15, 0.2) is 59.0 Å². The van der Waals surface area contributed by atoms with Gasteiger partial charge in [-0.1, -0.05) is 18.2 Å². The monoisotopic (exact) mass is 225 g/mol. The van der Waals surface area contributed by atoms with E-state index in [1.165, 1.54) is 0 Å². The van der Waals surface area contributed by atoms with Crippen LogP contribution in [-0.2, 0) is 0 Å². The number of methoxy groups -OCH3 is 1. The van der Waals surface area contributed by atoms with E-state index in [4.69, 9.17) is 10.5 Å². The first-order chi connectivity index (χ1) is 8.79. The second kappa shape index (κ2) is 3.98. The van der Waals surface area contributed by atoms with Crippen molar-refractivity contribution in [3.63, 3.8) is 0 Å². The summed E-state index contributed by atoms with van der Waals surface area (Å²) in [7, 11) is 1.63. The number of fused-ring (bicyclic) bond motifs is 1. The Bertz CT molecular complexity index is 683. The molecule has 84 valence electrons. The molecule has 0 aliphatic rings. The summed E-state index contributed by atoms with van der Waals surface area (Å²) < 4.78 is 19.0. The molecule has 0 saturated carbocycles. The van der Waals surface area contributed by atoms with Crippen LogP contribution < -0.4 is 4.74 Å². The van der Waals surface area contributed by atoms with Gasteiger partial charge in [-0.15, -0.1) is 0 Å². The zero-order valence-corrected chi connectivity index (χ0v) is 9.44. The molecule has 0 amide bonds. The fourth-order valence-electron chi connectivity index (χ4n) is 1.79. The third-order valence-electron chi connectivity index (χ3n) is 2.70. The minimum Gasteiger partial charge on any atom is -0.497 e. The van der Waals surface area contributed by atoms with Crippen LogP contribution in [-0.4, -0.2) is 7.11 Å². The maximum absolute atomic E-state index is 8.13. The van der Waals surface area contributed by atoms with E-state index in [0.29, 0.717) is 11.8 Å². The Balaban J connectivity index is 2.15. The Hall–Kier alpha value is -2.22. The van der Waals surface area contributed by atoms with Crippen LogP contribution in [0.1, 0.15) is 1.37 Å². The summed E-state index contributed by atoms with van der Waals surface area (Å²) in [5.41, 5.74) is 1.63. The van der Waals surface area contributed by atoms with Crippen LogP contribution in [0.4, 0.5) is 0 Å². The van der Waals surface area contributed by atoms with E-state index in [9.17, 15) is 0 Å². The lowest BCUT2D eigenvalue weighted by molar-refractivity contribution is 0.415. The molecule has 0 N–H and O–H groups in total. The van der Waals surface area contributed by atoms with Crippen molar-refractivity contribution in [3.8, 4) is 17.1 Å². The van der Waals surface area contributed by atoms with Crippen molar-refractivity contribution in [2.75, 3.05) is 7.11 Å². The third kappa shape index (κ3) is 1.78. The van der Waals surface area contributed by atoms with Gasteiger partial charge in [0.2, 0.25) is 0 Å². The molecule has 0 unspecified atom stereocenters. The number of furan rings is 1. The molecule has 1 aromatic heterocycles. The molecule has 0 aliphatic heterocycles. The molecule has 0 saturated heterocycles. The van der Waals surface area contributed by atoms with Gasteiger partial charge in [0, 0.05) is 10.9 Å². The Kier molecular flexibility index (Phi) is 2.08. The largest absolute Gasteiger partial charge is 0.497 e. The Morgan fingerprint density at radius 1 is 1.06 bits per heavy atom. The normalized spacial score (nSPS) is 11.5. The summed E-state index contributed by atoms with van der Waals surface area (Å²) in [6, 6.07) is 15.5. The van der Waals surface area contributed by atoms with E-state index < -0.39 is 0 Å². The maximum Gasteiger partial charge on any atom is 0.135 e. The Morgan fingerprint density at radius 2 is 1.82 bits per heavy atom. The summed E-state index contributed by atoms with van der Waals surface area (Å²) in [4.78, 5) is 0. The molecule has 2 heteroatoms. The zero-order chi connectivity index (χ0) is 12.5. The molecule has 0 fully saturated rings. The van der Waals surface area contributed by atoms with Crippen molar-refractivity contribution >= 4 is 11.0 Å². The predicted octanol–water partition coefficient (Wildman–Crippen LogP) is 4.11. The van der Waals surface area contributed by atoms with E-state index >= 15 is 0 Å². The smallest absolute Gasteiger partial charge is 0.135 e. The van der Waals surface area contributed by atoms with E-state index in [-0.39, 0.29) is 0 Å². The van der Waals surface area contributed by atoms with Gasteiger partial charge in [0.1, 0.15) is 17.1 Å². The number of para-hydroxylation sites is 1. The molecule has 17 heavy (non-hydrogen) atoms. The van der Waals surface area contributed by atoms with E-state index in [1.54, 1.807) is 7.11 Å². The molecule has 0 spiro atoms. The van der Waals surface area contributed by atoms with Gasteiger partial charge in [0.05, 0.1) is 8.48 Å². The minimum absolute atomic E-state index is 0.427. The van der Waals surface area contributed by atoms with E-state index in [1.807, 2.05) is 48.5 Å². The quantitative estimate of drug-likeness (QED) is 0.655. The van der Waals surface area contributed by atoms with Crippen LogP contribution in [0.3, 0.4) is 0 Å². The van der Waals surface area contributed by atoms with Gasteiger partial charge < -0.3 is 9.15 Å². The summed E-state index contributed by atoms with van der Waals surface area (Å²) in [6.07, 6.45) is 0. The lowest BCUT2D eigenvalue weighted by atomic mass is 10.1. The van der Waals surface area contributed by atoms with Crippen LogP contribution in [0.5, 0.6) is 5.75 Å². The van der Waals surface area contributed by atoms with Gasteiger partial charge in [0.15, 0.2) is 0 Å². The number of hydrogen-bond donors (Lipinski definition) is 0. The van der Waals surface area contributed by atoms with Gasteiger partial charge in [-0.2, -0.15) is 0 Å². The Labute approximate surface area is 101 Å². The number of rotatable bonds is 2. The predicted molar refractivity (Wildman–Crippen MR) is 68.2 cm³/mol. The summed E-state index contributed by atoms with van der Waals surface area (Å²) in [6.45, 7) is 0. The van der Waals surface area contributed by atoms with Crippen LogP contribution in [0.2, 0.25) is 0 Å². The lowest BCUT2D eigenvalue weighted by Crippen LogP contribution is -1.81. The average molecular weight is 225 g/mol. The van der Waals surface area contributed by atoms with Gasteiger partial charge in [0.25, 0.3) is 0 Å². The molecule has 2 aromatic carbocycles. The fraction of sp³-hybridized carbons (Fsp3) is 0.0667. The van der Waals surface area contributed by atoms with Crippen molar-refractivity contribution in [2.45, 2.75) is 0 Å². The van der Waals surface area contributed by atoms with E-state index in [2.05, 4.69) is 0 Å². The second-order valence-electron chi connectivity index (χ2n) is 3.78. The highest BCUT2D eigenvalue weighted by atomic mass is 16.5. The molecular formula is C15H12O2. The average Bonchev–Trinajstić information content (AvgIpc) is 2.77. The molecular weight excluding hydrogens is 212 g/mol. The van der Waals surface area contributed by atoms with Gasteiger partial charge in [-0.3, -0.25) is 0 Å². The molecule has 0 aliphatic carbocycles. The second-order valence-corrected chi connectivity index (χ2v) is 3.78. The van der Waals surface area contributed by atoms with Crippen LogP contribution >= 0.6 is 0 Å². The van der Waals surface area contributed by atoms with Gasteiger partial charge >= 0.3 is 0 Å². The highest BCUT2D eigenvalue weighted by Gasteiger charge is 2.05. The first-order valence-electron chi connectivity index (χ1n) is 5.92. The molecule has 2 nitrogen and oxygen atoms in total. The molecule has 3 aromatic rings. The number of hydrogen-bond acceptors (Lipinski definition) is 2. The van der Waals surface area contributed by atoms with Crippen molar-refractivity contribution in [1.82, 2.24) is 0 Å². The molecule has 3 rings (SSSR count). The van der Waals surface area contributed by atoms with Crippen molar-refractivity contribution in [3.05, 3.63) is 54.6 Å². The minimum atomic E-state index is 0.427. The van der Waals surface area contributed by atoms with Gasteiger partial charge in [-0.25, -0.2) is 0 Å². The summed E-state index contributed by atoms with van der Waals surface area (Å²) >= 11 is 0. The lowest BCUT2D eigenvalue weighted by Gasteiger charge is -2.00. The zero-order valence-electron chi connectivity index (χ0n) is 10.4. The Morgan fingerprint density at radius 3 is 2.53 bits per heavy atom. The van der Waals surface area contributed by atoms with Crippen molar-refractivity contribution < 1.29 is 10.5 Å². The van der Waals surface area contributed by atoms with Crippen molar-refractivity contribution in [1.29, 1.82) is 0 Å². The number of benzene rings is 2. The number of ether oxygens (including phenoxy) is 1. The van der Waals surface area contributed by atoms with Crippen molar-refractivity contribution in [2.24, 2.45) is 0 Å². The summed E-state index contributed by atoms with van der Waals surface area (Å²) in [5.74, 6) is 1.39. The van der Waals surface area contributed by atoms with E-state index in [0.717, 1.165) is 22.3 Å².